The predicted octanol–water partition coefficient (Wildman–Crippen LogP) is 1.69. The molecule has 9 heteroatoms. The Hall–Kier alpha value is -2.78. The molecular formula is C19H23N3O5S. The van der Waals surface area contributed by atoms with Crippen molar-refractivity contribution in [1.29, 1.82) is 0 Å². The minimum absolute atomic E-state index is 0.0239. The Morgan fingerprint density at radius 1 is 1.11 bits per heavy atom. The number of amides is 1. The highest BCUT2D eigenvalue weighted by atomic mass is 32.2. The van der Waals surface area contributed by atoms with E-state index in [-0.39, 0.29) is 10.5 Å². The largest absolute Gasteiger partial charge is 0.496 e. The third-order valence-electron chi connectivity index (χ3n) is 4.45. The highest BCUT2D eigenvalue weighted by Crippen LogP contribution is 2.25. The van der Waals surface area contributed by atoms with Crippen LogP contribution in [0.15, 0.2) is 47.4 Å². The number of morpholine rings is 1. The molecule has 150 valence electrons. The number of hydrogen-bond donors (Lipinski definition) is 2. The fourth-order valence-electron chi connectivity index (χ4n) is 2.94. The van der Waals surface area contributed by atoms with Gasteiger partial charge in [-0.3, -0.25) is 9.52 Å². The number of benzene rings is 2. The van der Waals surface area contributed by atoms with Crippen LogP contribution in [-0.4, -0.2) is 54.8 Å². The molecule has 1 saturated heterocycles. The van der Waals surface area contributed by atoms with E-state index in [9.17, 15) is 13.2 Å². The van der Waals surface area contributed by atoms with Crippen molar-refractivity contribution in [3.8, 4) is 5.75 Å². The Bertz CT molecular complexity index is 939. The van der Waals surface area contributed by atoms with E-state index in [1.807, 2.05) is 12.1 Å². The quantitative estimate of drug-likeness (QED) is 0.759. The SMILES string of the molecule is CNC(=O)c1cc(S(=O)(=O)Nc2ccc(N3CCOCC3)cc2)ccc1OC. The number of rotatable bonds is 6. The van der Waals surface area contributed by atoms with Crippen LogP contribution in [0.2, 0.25) is 0 Å². The van der Waals surface area contributed by atoms with Crippen molar-refractivity contribution in [2.75, 3.05) is 50.1 Å². The van der Waals surface area contributed by atoms with Crippen LogP contribution < -0.4 is 19.7 Å². The molecular weight excluding hydrogens is 382 g/mol. The maximum Gasteiger partial charge on any atom is 0.261 e. The third kappa shape index (κ3) is 4.37. The van der Waals surface area contributed by atoms with Crippen molar-refractivity contribution in [3.63, 3.8) is 0 Å². The van der Waals surface area contributed by atoms with Crippen molar-refractivity contribution < 1.29 is 22.7 Å². The number of carbonyl (C=O) groups is 1. The predicted molar refractivity (Wildman–Crippen MR) is 107 cm³/mol. The number of sulfonamides is 1. The Kier molecular flexibility index (Phi) is 6.05. The highest BCUT2D eigenvalue weighted by molar-refractivity contribution is 7.92. The van der Waals surface area contributed by atoms with Gasteiger partial charge in [0.05, 0.1) is 30.8 Å². The molecule has 1 fully saturated rings. The van der Waals surface area contributed by atoms with Gasteiger partial charge >= 0.3 is 0 Å². The van der Waals surface area contributed by atoms with Crippen LogP contribution >= 0.6 is 0 Å². The second kappa shape index (κ2) is 8.49. The Labute approximate surface area is 164 Å². The molecule has 0 radical (unpaired) electrons. The summed E-state index contributed by atoms with van der Waals surface area (Å²) in [5.41, 5.74) is 1.60. The Morgan fingerprint density at radius 3 is 2.39 bits per heavy atom. The molecule has 2 N–H and O–H groups in total. The minimum Gasteiger partial charge on any atom is -0.496 e. The fraction of sp³-hybridized carbons (Fsp3) is 0.316. The number of anilines is 2. The molecule has 1 amide bonds. The second-order valence-electron chi connectivity index (χ2n) is 6.19. The summed E-state index contributed by atoms with van der Waals surface area (Å²) >= 11 is 0. The van der Waals surface area contributed by atoms with Crippen molar-refractivity contribution in [2.24, 2.45) is 0 Å². The summed E-state index contributed by atoms with van der Waals surface area (Å²) < 4.78 is 38.5. The summed E-state index contributed by atoms with van der Waals surface area (Å²) in [5, 5.41) is 2.47. The number of nitrogens with one attached hydrogen (secondary N) is 2. The average molecular weight is 405 g/mol. The summed E-state index contributed by atoms with van der Waals surface area (Å²) in [5.74, 6) is -0.128. The number of nitrogens with zero attached hydrogens (tertiary/aromatic N) is 1. The lowest BCUT2D eigenvalue weighted by Crippen LogP contribution is -2.36. The first-order chi connectivity index (χ1) is 13.4. The van der Waals surface area contributed by atoms with E-state index >= 15 is 0 Å². The van der Waals surface area contributed by atoms with Gasteiger partial charge in [0, 0.05) is 31.5 Å². The lowest BCUT2D eigenvalue weighted by atomic mass is 10.2. The molecule has 0 aromatic heterocycles. The summed E-state index contributed by atoms with van der Waals surface area (Å²) in [6.45, 7) is 2.97. The van der Waals surface area contributed by atoms with Crippen molar-refractivity contribution in [2.45, 2.75) is 4.90 Å². The van der Waals surface area contributed by atoms with Gasteiger partial charge < -0.3 is 19.7 Å². The molecule has 1 aliphatic heterocycles. The molecule has 3 rings (SSSR count). The number of carbonyl (C=O) groups excluding carboxylic acids is 1. The van der Waals surface area contributed by atoms with E-state index < -0.39 is 15.9 Å². The van der Waals surface area contributed by atoms with Crippen LogP contribution in [0.3, 0.4) is 0 Å². The maximum absolute atomic E-state index is 12.7. The molecule has 0 unspecified atom stereocenters. The number of hydrogen-bond acceptors (Lipinski definition) is 6. The van der Waals surface area contributed by atoms with Gasteiger partial charge in [0.15, 0.2) is 0 Å². The molecule has 0 atom stereocenters. The Morgan fingerprint density at radius 2 is 1.79 bits per heavy atom. The molecule has 2 aromatic carbocycles. The van der Waals surface area contributed by atoms with Crippen LogP contribution in [0.1, 0.15) is 10.4 Å². The van der Waals surface area contributed by atoms with E-state index in [0.717, 1.165) is 18.8 Å². The van der Waals surface area contributed by atoms with Gasteiger partial charge in [0.25, 0.3) is 15.9 Å². The first kappa shape index (κ1) is 20.0. The fourth-order valence-corrected chi connectivity index (χ4v) is 4.03. The Balaban J connectivity index is 1.80. The molecule has 1 aliphatic rings. The zero-order valence-corrected chi connectivity index (χ0v) is 16.6. The third-order valence-corrected chi connectivity index (χ3v) is 5.83. The second-order valence-corrected chi connectivity index (χ2v) is 7.88. The van der Waals surface area contributed by atoms with Gasteiger partial charge in [-0.1, -0.05) is 0 Å². The van der Waals surface area contributed by atoms with Crippen molar-refractivity contribution >= 4 is 27.3 Å². The highest BCUT2D eigenvalue weighted by Gasteiger charge is 2.20. The maximum atomic E-state index is 12.7. The van der Waals surface area contributed by atoms with Gasteiger partial charge in [-0.05, 0) is 42.5 Å². The van der Waals surface area contributed by atoms with Gasteiger partial charge in [0.2, 0.25) is 0 Å². The zero-order valence-electron chi connectivity index (χ0n) is 15.8. The zero-order chi connectivity index (χ0) is 20.1. The summed E-state index contributed by atoms with van der Waals surface area (Å²) in [4.78, 5) is 14.2. The molecule has 0 saturated carbocycles. The average Bonchev–Trinajstić information content (AvgIpc) is 2.73. The summed E-state index contributed by atoms with van der Waals surface area (Å²) in [7, 11) is -0.969. The molecule has 1 heterocycles. The first-order valence-corrected chi connectivity index (χ1v) is 10.3. The van der Waals surface area contributed by atoms with Crippen LogP contribution in [0.25, 0.3) is 0 Å². The van der Waals surface area contributed by atoms with Gasteiger partial charge in [-0.25, -0.2) is 8.42 Å². The first-order valence-electron chi connectivity index (χ1n) is 8.80. The summed E-state index contributed by atoms with van der Waals surface area (Å²) in [6.07, 6.45) is 0. The molecule has 0 spiro atoms. The standard InChI is InChI=1S/C19H23N3O5S/c1-20-19(23)17-13-16(7-8-18(17)26-2)28(24,25)21-14-3-5-15(6-4-14)22-9-11-27-12-10-22/h3-8,13,21H,9-12H2,1-2H3,(H,20,23). The van der Waals surface area contributed by atoms with Gasteiger partial charge in [0.1, 0.15) is 5.75 Å². The van der Waals surface area contributed by atoms with Gasteiger partial charge in [-0.15, -0.1) is 0 Å². The smallest absolute Gasteiger partial charge is 0.261 e. The minimum atomic E-state index is -3.86. The lowest BCUT2D eigenvalue weighted by molar-refractivity contribution is 0.0960. The van der Waals surface area contributed by atoms with E-state index in [1.54, 1.807) is 12.1 Å². The molecule has 0 bridgehead atoms. The monoisotopic (exact) mass is 405 g/mol. The van der Waals surface area contributed by atoms with Crippen LogP contribution in [-0.2, 0) is 14.8 Å². The molecule has 8 nitrogen and oxygen atoms in total. The van der Waals surface area contributed by atoms with E-state index in [1.165, 1.54) is 32.4 Å². The number of ether oxygens (including phenoxy) is 2. The van der Waals surface area contributed by atoms with Crippen LogP contribution in [0, 0.1) is 0 Å². The van der Waals surface area contributed by atoms with Crippen molar-refractivity contribution in [3.05, 3.63) is 48.0 Å². The van der Waals surface area contributed by atoms with Crippen LogP contribution in [0.4, 0.5) is 11.4 Å². The topological polar surface area (TPSA) is 97.0 Å². The molecule has 2 aromatic rings. The van der Waals surface area contributed by atoms with E-state index in [2.05, 4.69) is 14.9 Å². The van der Waals surface area contributed by atoms with Gasteiger partial charge in [-0.2, -0.15) is 0 Å². The molecule has 28 heavy (non-hydrogen) atoms. The normalized spacial score (nSPS) is 14.4. The summed E-state index contributed by atoms with van der Waals surface area (Å²) in [6, 6.07) is 11.3. The van der Waals surface area contributed by atoms with Crippen LogP contribution in [0.5, 0.6) is 5.75 Å². The molecule has 0 aliphatic carbocycles. The van der Waals surface area contributed by atoms with E-state index in [0.29, 0.717) is 24.7 Å². The lowest BCUT2D eigenvalue weighted by Gasteiger charge is -2.28. The number of methoxy groups -OCH3 is 1. The van der Waals surface area contributed by atoms with E-state index in [4.69, 9.17) is 9.47 Å². The van der Waals surface area contributed by atoms with Crippen molar-refractivity contribution in [1.82, 2.24) is 5.32 Å².